The fraction of sp³-hybridized carbons (Fsp3) is 0.0588. The molecule has 0 atom stereocenters. The number of hydrogen-bond acceptors (Lipinski definition) is 4. The van der Waals surface area contributed by atoms with E-state index in [1.165, 1.54) is 0 Å². The smallest absolute Gasteiger partial charge is 0.272 e. The van der Waals surface area contributed by atoms with Gasteiger partial charge in [0, 0.05) is 16.0 Å². The van der Waals surface area contributed by atoms with Gasteiger partial charge in [-0.1, -0.05) is 29.8 Å². The van der Waals surface area contributed by atoms with E-state index in [0.717, 1.165) is 0 Å². The van der Waals surface area contributed by atoms with Gasteiger partial charge in [0.2, 0.25) is 5.91 Å². The molecule has 7 nitrogen and oxygen atoms in total. The second kappa shape index (κ2) is 7.14. The van der Waals surface area contributed by atoms with Gasteiger partial charge in [-0.3, -0.25) is 25.2 Å². The van der Waals surface area contributed by atoms with E-state index in [9.17, 15) is 14.4 Å². The summed E-state index contributed by atoms with van der Waals surface area (Å²) in [5, 5.41) is 7.82. The van der Waals surface area contributed by atoms with Crippen LogP contribution in [0, 0.1) is 0 Å². The molecule has 1 aromatic heterocycles. The number of carbonyl (C=O) groups is 2. The molecule has 0 bridgehead atoms. The molecule has 0 saturated carbocycles. The van der Waals surface area contributed by atoms with Crippen LogP contribution in [0.2, 0.25) is 5.02 Å². The van der Waals surface area contributed by atoms with Crippen molar-refractivity contribution in [1.82, 2.24) is 21.0 Å². The molecular formula is C17H13ClN4O3. The van der Waals surface area contributed by atoms with Crippen LogP contribution >= 0.6 is 11.6 Å². The first-order valence-corrected chi connectivity index (χ1v) is 7.73. The van der Waals surface area contributed by atoms with Crippen molar-refractivity contribution < 1.29 is 9.59 Å². The van der Waals surface area contributed by atoms with Gasteiger partial charge < -0.3 is 0 Å². The fourth-order valence-corrected chi connectivity index (χ4v) is 2.43. The minimum atomic E-state index is -0.468. The topological polar surface area (TPSA) is 104 Å². The molecule has 3 N–H and O–H groups in total. The van der Waals surface area contributed by atoms with Crippen molar-refractivity contribution >= 4 is 34.2 Å². The third-order valence-corrected chi connectivity index (χ3v) is 3.78. The van der Waals surface area contributed by atoms with E-state index in [2.05, 4.69) is 21.0 Å². The average Bonchev–Trinajstić information content (AvgIpc) is 2.63. The molecule has 0 radical (unpaired) electrons. The number of nitrogens with one attached hydrogen (secondary N) is 3. The maximum atomic E-state index is 12.1. The summed E-state index contributed by atoms with van der Waals surface area (Å²) in [6.45, 7) is 0. The monoisotopic (exact) mass is 356 g/mol. The Kier molecular flexibility index (Phi) is 4.76. The first-order chi connectivity index (χ1) is 12.0. The van der Waals surface area contributed by atoms with Crippen molar-refractivity contribution in [1.29, 1.82) is 0 Å². The summed E-state index contributed by atoms with van der Waals surface area (Å²) in [5.41, 5.74) is 5.08. The van der Waals surface area contributed by atoms with Gasteiger partial charge in [-0.05, 0) is 30.3 Å². The van der Waals surface area contributed by atoms with Gasteiger partial charge in [0.05, 0.1) is 17.5 Å². The second-order valence-corrected chi connectivity index (χ2v) is 5.67. The van der Waals surface area contributed by atoms with E-state index < -0.39 is 11.8 Å². The quantitative estimate of drug-likeness (QED) is 0.620. The number of aromatic amines is 1. The summed E-state index contributed by atoms with van der Waals surface area (Å²) >= 11 is 5.76. The number of carbonyl (C=O) groups excluding carboxylic acids is 2. The highest BCUT2D eigenvalue weighted by Gasteiger charge is 2.12. The molecule has 0 unspecified atom stereocenters. The Morgan fingerprint density at radius 2 is 1.68 bits per heavy atom. The summed E-state index contributed by atoms with van der Waals surface area (Å²) in [4.78, 5) is 35.7. The van der Waals surface area contributed by atoms with Crippen LogP contribution in [-0.2, 0) is 11.2 Å². The number of benzene rings is 2. The van der Waals surface area contributed by atoms with E-state index in [4.69, 9.17) is 11.6 Å². The lowest BCUT2D eigenvalue weighted by molar-refractivity contribution is -0.121. The largest absolute Gasteiger partial charge is 0.273 e. The van der Waals surface area contributed by atoms with E-state index >= 15 is 0 Å². The van der Waals surface area contributed by atoms with Crippen LogP contribution in [0.5, 0.6) is 0 Å². The maximum Gasteiger partial charge on any atom is 0.272 e. The molecule has 0 aliphatic heterocycles. The number of hydrogen-bond donors (Lipinski definition) is 3. The summed E-state index contributed by atoms with van der Waals surface area (Å²) < 4.78 is 0. The number of fused-ring (bicyclic) bond motifs is 1. The minimum Gasteiger partial charge on any atom is -0.273 e. The Hall–Kier alpha value is -3.19. The number of hydrazine groups is 1. The molecule has 3 aromatic rings. The average molecular weight is 357 g/mol. The number of amides is 2. The zero-order chi connectivity index (χ0) is 17.8. The third-order valence-electron chi connectivity index (χ3n) is 3.52. The van der Waals surface area contributed by atoms with Crippen molar-refractivity contribution in [3.63, 3.8) is 0 Å². The standard InChI is InChI=1S/C17H13ClN4O3/c18-11-7-5-10(6-8-11)16(24)21-20-15(23)9-14-12-3-1-2-4-13(12)17(25)22-19-14/h1-8H,9H2,(H,20,23)(H,21,24)(H,22,25). The predicted octanol–water partition coefficient (Wildman–Crippen LogP) is 1.58. The molecule has 0 spiro atoms. The molecule has 1 heterocycles. The molecule has 2 aromatic carbocycles. The van der Waals surface area contributed by atoms with Crippen molar-refractivity contribution in [3.8, 4) is 0 Å². The Bertz CT molecular complexity index is 999. The van der Waals surface area contributed by atoms with E-state index in [1.54, 1.807) is 48.5 Å². The lowest BCUT2D eigenvalue weighted by Gasteiger charge is -2.08. The third kappa shape index (κ3) is 3.84. The van der Waals surface area contributed by atoms with Gasteiger partial charge >= 0.3 is 0 Å². The van der Waals surface area contributed by atoms with E-state index in [0.29, 0.717) is 27.1 Å². The van der Waals surface area contributed by atoms with Crippen LogP contribution in [0.25, 0.3) is 10.8 Å². The molecule has 0 fully saturated rings. The number of rotatable bonds is 3. The number of aromatic nitrogens is 2. The zero-order valence-corrected chi connectivity index (χ0v) is 13.6. The van der Waals surface area contributed by atoms with Gasteiger partial charge in [-0.15, -0.1) is 0 Å². The van der Waals surface area contributed by atoms with Crippen LogP contribution in [0.4, 0.5) is 0 Å². The SMILES string of the molecule is O=C(Cc1n[nH]c(=O)c2ccccc12)NNC(=O)c1ccc(Cl)cc1. The summed E-state index contributed by atoms with van der Waals surface area (Å²) in [7, 11) is 0. The van der Waals surface area contributed by atoms with Crippen LogP contribution in [0.15, 0.2) is 53.3 Å². The molecule has 3 rings (SSSR count). The Morgan fingerprint density at radius 1 is 1.00 bits per heavy atom. The molecule has 0 saturated heterocycles. The summed E-state index contributed by atoms with van der Waals surface area (Å²) in [6.07, 6.45) is -0.0990. The minimum absolute atomic E-state index is 0.0990. The van der Waals surface area contributed by atoms with E-state index in [1.807, 2.05) is 0 Å². The predicted molar refractivity (Wildman–Crippen MR) is 93.1 cm³/mol. The Morgan fingerprint density at radius 3 is 2.40 bits per heavy atom. The van der Waals surface area contributed by atoms with Crippen LogP contribution in [0.1, 0.15) is 16.1 Å². The van der Waals surface area contributed by atoms with Gasteiger partial charge in [0.1, 0.15) is 0 Å². The Labute approximate surface area is 147 Å². The molecular weight excluding hydrogens is 344 g/mol. The number of H-pyrrole nitrogens is 1. The molecule has 0 aliphatic rings. The normalized spacial score (nSPS) is 10.4. The van der Waals surface area contributed by atoms with Crippen molar-refractivity contribution in [3.05, 3.63) is 75.2 Å². The first-order valence-electron chi connectivity index (χ1n) is 7.35. The maximum absolute atomic E-state index is 12.1. The van der Waals surface area contributed by atoms with Crippen LogP contribution in [-0.4, -0.2) is 22.0 Å². The molecule has 126 valence electrons. The molecule has 25 heavy (non-hydrogen) atoms. The summed E-state index contributed by atoms with van der Waals surface area (Å²) in [6, 6.07) is 13.1. The first kappa shape index (κ1) is 16.7. The van der Waals surface area contributed by atoms with Gasteiger partial charge in [0.25, 0.3) is 11.5 Å². The van der Waals surface area contributed by atoms with Crippen molar-refractivity contribution in [2.45, 2.75) is 6.42 Å². The number of nitrogens with zero attached hydrogens (tertiary/aromatic N) is 1. The highest BCUT2D eigenvalue weighted by Crippen LogP contribution is 2.12. The fourth-order valence-electron chi connectivity index (χ4n) is 2.30. The Balaban J connectivity index is 1.67. The lowest BCUT2D eigenvalue weighted by Crippen LogP contribution is -2.42. The zero-order valence-electron chi connectivity index (χ0n) is 12.9. The van der Waals surface area contributed by atoms with Crippen LogP contribution in [0.3, 0.4) is 0 Å². The second-order valence-electron chi connectivity index (χ2n) is 5.23. The highest BCUT2D eigenvalue weighted by molar-refractivity contribution is 6.30. The van der Waals surface area contributed by atoms with Crippen molar-refractivity contribution in [2.24, 2.45) is 0 Å². The van der Waals surface area contributed by atoms with Gasteiger partial charge in [-0.2, -0.15) is 5.10 Å². The number of halogens is 1. The highest BCUT2D eigenvalue weighted by atomic mass is 35.5. The van der Waals surface area contributed by atoms with E-state index in [-0.39, 0.29) is 12.0 Å². The molecule has 8 heteroatoms. The lowest BCUT2D eigenvalue weighted by atomic mass is 10.1. The molecule has 0 aliphatic carbocycles. The van der Waals surface area contributed by atoms with Crippen molar-refractivity contribution in [2.75, 3.05) is 0 Å². The molecule has 2 amide bonds. The van der Waals surface area contributed by atoms with Gasteiger partial charge in [-0.25, -0.2) is 5.10 Å². The summed E-state index contributed by atoms with van der Waals surface area (Å²) in [5.74, 6) is -0.934. The van der Waals surface area contributed by atoms with Crippen LogP contribution < -0.4 is 16.4 Å². The van der Waals surface area contributed by atoms with Gasteiger partial charge in [0.15, 0.2) is 0 Å².